The van der Waals surface area contributed by atoms with Crippen LogP contribution >= 0.6 is 0 Å². The minimum Gasteiger partial charge on any atom is -0.508 e. The average molecular weight is 308 g/mol. The molecule has 2 N–H and O–H groups in total. The zero-order chi connectivity index (χ0) is 16.3. The summed E-state index contributed by atoms with van der Waals surface area (Å²) in [6, 6.07) is 15.3. The highest BCUT2D eigenvalue weighted by Crippen LogP contribution is 2.48. The molecule has 1 aliphatic carbocycles. The molecule has 120 valence electrons. The highest BCUT2D eigenvalue weighted by atomic mass is 16.3. The van der Waals surface area contributed by atoms with Crippen molar-refractivity contribution < 1.29 is 10.2 Å². The van der Waals surface area contributed by atoms with Crippen LogP contribution in [0.1, 0.15) is 43.2 Å². The summed E-state index contributed by atoms with van der Waals surface area (Å²) in [5.74, 6) is 1.23. The van der Waals surface area contributed by atoms with E-state index in [-0.39, 0.29) is 5.41 Å². The molecule has 1 saturated carbocycles. The van der Waals surface area contributed by atoms with Crippen LogP contribution in [0.5, 0.6) is 11.5 Å². The van der Waals surface area contributed by atoms with Gasteiger partial charge in [-0.25, -0.2) is 0 Å². The Kier molecular flexibility index (Phi) is 4.42. The Bertz CT molecular complexity index is 610. The van der Waals surface area contributed by atoms with E-state index in [1.807, 2.05) is 30.3 Å². The largest absolute Gasteiger partial charge is 0.508 e. The lowest BCUT2D eigenvalue weighted by molar-refractivity contribution is 0.258. The minimum atomic E-state index is -0.0483. The Morgan fingerprint density at radius 2 is 1.48 bits per heavy atom. The lowest BCUT2D eigenvalue weighted by Gasteiger charge is -2.42. The maximum absolute atomic E-state index is 9.64. The van der Waals surface area contributed by atoms with Crippen molar-refractivity contribution in [3.05, 3.63) is 72.3 Å². The van der Waals surface area contributed by atoms with E-state index in [9.17, 15) is 10.2 Å². The summed E-state index contributed by atoms with van der Waals surface area (Å²) in [7, 11) is 0. The van der Waals surface area contributed by atoms with Crippen LogP contribution in [0.25, 0.3) is 0 Å². The van der Waals surface area contributed by atoms with Crippen LogP contribution in [0.4, 0.5) is 0 Å². The first-order valence-electron chi connectivity index (χ1n) is 8.34. The third-order valence-electron chi connectivity index (χ3n) is 5.19. The van der Waals surface area contributed by atoms with Crippen molar-refractivity contribution in [1.29, 1.82) is 0 Å². The summed E-state index contributed by atoms with van der Waals surface area (Å²) in [5, 5.41) is 19.3. The van der Waals surface area contributed by atoms with Gasteiger partial charge in [-0.15, -0.1) is 6.58 Å². The molecule has 2 nitrogen and oxygen atoms in total. The zero-order valence-corrected chi connectivity index (χ0v) is 13.4. The third-order valence-corrected chi connectivity index (χ3v) is 5.19. The molecular formula is C21H24O2. The molecule has 3 rings (SSSR count). The van der Waals surface area contributed by atoms with Crippen molar-refractivity contribution in [2.24, 2.45) is 5.92 Å². The summed E-state index contributed by atoms with van der Waals surface area (Å²) in [4.78, 5) is 0. The van der Waals surface area contributed by atoms with Gasteiger partial charge >= 0.3 is 0 Å². The van der Waals surface area contributed by atoms with E-state index < -0.39 is 0 Å². The summed E-state index contributed by atoms with van der Waals surface area (Å²) in [6.45, 7) is 3.91. The molecular weight excluding hydrogens is 284 g/mol. The summed E-state index contributed by atoms with van der Waals surface area (Å²) < 4.78 is 0. The van der Waals surface area contributed by atoms with E-state index >= 15 is 0 Å². The highest BCUT2D eigenvalue weighted by molar-refractivity contribution is 5.43. The number of aromatic hydroxyl groups is 2. The molecule has 1 fully saturated rings. The Hall–Kier alpha value is -2.22. The van der Waals surface area contributed by atoms with E-state index in [4.69, 9.17) is 0 Å². The lowest BCUT2D eigenvalue weighted by atomic mass is 9.62. The van der Waals surface area contributed by atoms with E-state index in [1.165, 1.54) is 24.0 Å². The molecule has 0 bridgehead atoms. The number of benzene rings is 2. The summed E-state index contributed by atoms with van der Waals surface area (Å²) in [5.41, 5.74) is 2.44. The van der Waals surface area contributed by atoms with Gasteiger partial charge in [-0.05, 0) is 60.6 Å². The fourth-order valence-corrected chi connectivity index (χ4v) is 4.08. The molecule has 0 heterocycles. The lowest BCUT2D eigenvalue weighted by Crippen LogP contribution is -2.34. The monoisotopic (exact) mass is 308 g/mol. The molecule has 0 aromatic heterocycles. The number of hydrogen-bond donors (Lipinski definition) is 2. The van der Waals surface area contributed by atoms with Crippen LogP contribution < -0.4 is 0 Å². The summed E-state index contributed by atoms with van der Waals surface area (Å²) >= 11 is 0. The van der Waals surface area contributed by atoms with Crippen molar-refractivity contribution in [3.63, 3.8) is 0 Å². The predicted octanol–water partition coefficient (Wildman–Crippen LogP) is 5.15. The molecule has 0 radical (unpaired) electrons. The van der Waals surface area contributed by atoms with Gasteiger partial charge in [0, 0.05) is 5.41 Å². The van der Waals surface area contributed by atoms with Crippen LogP contribution in [0, 0.1) is 5.92 Å². The van der Waals surface area contributed by atoms with Crippen LogP contribution in [-0.2, 0) is 5.41 Å². The van der Waals surface area contributed by atoms with Crippen molar-refractivity contribution in [3.8, 4) is 11.5 Å². The first-order valence-corrected chi connectivity index (χ1v) is 8.34. The molecule has 2 aromatic rings. The van der Waals surface area contributed by atoms with Crippen LogP contribution in [0.3, 0.4) is 0 Å². The van der Waals surface area contributed by atoms with Gasteiger partial charge in [-0.3, -0.25) is 0 Å². The van der Waals surface area contributed by atoms with E-state index in [1.54, 1.807) is 24.3 Å². The van der Waals surface area contributed by atoms with E-state index in [0.717, 1.165) is 19.3 Å². The molecule has 1 atom stereocenters. The second-order valence-electron chi connectivity index (χ2n) is 6.66. The fourth-order valence-electron chi connectivity index (χ4n) is 4.08. The standard InChI is InChI=1S/C21H24O2/c1-2-4-16-5-3-14-21(15-16,17-6-10-19(22)11-7-17)18-8-12-20(23)13-9-18/h2,6-13,16,22-23H,1,3-5,14-15H2. The normalized spacial score (nSPS) is 20.1. The van der Waals surface area contributed by atoms with Crippen molar-refractivity contribution >= 4 is 0 Å². The van der Waals surface area contributed by atoms with Gasteiger partial charge in [0.2, 0.25) is 0 Å². The van der Waals surface area contributed by atoms with Gasteiger partial charge in [-0.2, -0.15) is 0 Å². The van der Waals surface area contributed by atoms with Gasteiger partial charge in [0.25, 0.3) is 0 Å². The Balaban J connectivity index is 2.06. The molecule has 1 aliphatic rings. The molecule has 23 heavy (non-hydrogen) atoms. The second kappa shape index (κ2) is 6.49. The molecule has 0 saturated heterocycles. The maximum atomic E-state index is 9.64. The van der Waals surface area contributed by atoms with Gasteiger partial charge < -0.3 is 10.2 Å². The molecule has 1 unspecified atom stereocenters. The van der Waals surface area contributed by atoms with Crippen molar-refractivity contribution in [2.75, 3.05) is 0 Å². The smallest absolute Gasteiger partial charge is 0.115 e. The first-order chi connectivity index (χ1) is 11.1. The molecule has 0 amide bonds. The Labute approximate surface area is 138 Å². The van der Waals surface area contributed by atoms with Crippen LogP contribution in [-0.4, -0.2) is 10.2 Å². The Morgan fingerprint density at radius 1 is 0.957 bits per heavy atom. The number of rotatable bonds is 4. The predicted molar refractivity (Wildman–Crippen MR) is 93.8 cm³/mol. The quantitative estimate of drug-likeness (QED) is 0.767. The van der Waals surface area contributed by atoms with Gasteiger partial charge in [-0.1, -0.05) is 43.2 Å². The Morgan fingerprint density at radius 3 is 1.96 bits per heavy atom. The average Bonchev–Trinajstić information content (AvgIpc) is 2.56. The van der Waals surface area contributed by atoms with Gasteiger partial charge in [0.15, 0.2) is 0 Å². The summed E-state index contributed by atoms with van der Waals surface area (Å²) in [6.07, 6.45) is 7.65. The minimum absolute atomic E-state index is 0.0483. The number of phenols is 2. The number of allylic oxidation sites excluding steroid dienone is 1. The zero-order valence-electron chi connectivity index (χ0n) is 13.4. The topological polar surface area (TPSA) is 40.5 Å². The first kappa shape index (κ1) is 15.7. The van der Waals surface area contributed by atoms with Gasteiger partial charge in [0.1, 0.15) is 11.5 Å². The molecule has 2 aromatic carbocycles. The van der Waals surface area contributed by atoms with Gasteiger partial charge in [0.05, 0.1) is 0 Å². The van der Waals surface area contributed by atoms with Crippen LogP contribution in [0.15, 0.2) is 61.2 Å². The highest BCUT2D eigenvalue weighted by Gasteiger charge is 2.39. The number of phenolic OH excluding ortho intramolecular Hbond substituents is 2. The maximum Gasteiger partial charge on any atom is 0.115 e. The van der Waals surface area contributed by atoms with E-state index in [2.05, 4.69) is 6.58 Å². The van der Waals surface area contributed by atoms with Crippen molar-refractivity contribution in [2.45, 2.75) is 37.5 Å². The third kappa shape index (κ3) is 3.12. The van der Waals surface area contributed by atoms with E-state index in [0.29, 0.717) is 17.4 Å². The second-order valence-corrected chi connectivity index (χ2v) is 6.66. The SMILES string of the molecule is C=CCC1CCCC(c2ccc(O)cc2)(c2ccc(O)cc2)C1. The molecule has 2 heteroatoms. The number of hydrogen-bond acceptors (Lipinski definition) is 2. The van der Waals surface area contributed by atoms with Crippen molar-refractivity contribution in [1.82, 2.24) is 0 Å². The molecule has 0 aliphatic heterocycles. The van der Waals surface area contributed by atoms with Crippen LogP contribution in [0.2, 0.25) is 0 Å². The molecule has 0 spiro atoms. The fraction of sp³-hybridized carbons (Fsp3) is 0.333.